The lowest BCUT2D eigenvalue weighted by Crippen LogP contribution is -2.60. The van der Waals surface area contributed by atoms with Crippen LogP contribution >= 0.6 is 11.3 Å². The number of nitrogens with two attached hydrogens (primary N) is 1. The van der Waals surface area contributed by atoms with Crippen LogP contribution in [0.25, 0.3) is 0 Å². The van der Waals surface area contributed by atoms with Crippen molar-refractivity contribution in [1.29, 1.82) is 0 Å². The maximum Gasteiger partial charge on any atom is 0.411 e. The van der Waals surface area contributed by atoms with Gasteiger partial charge in [-0.15, -0.1) is 16.4 Å². The van der Waals surface area contributed by atoms with Crippen molar-refractivity contribution >= 4 is 100 Å². The zero-order valence-corrected chi connectivity index (χ0v) is 81.4. The van der Waals surface area contributed by atoms with Gasteiger partial charge in [0.2, 0.25) is 47.3 Å². The fraction of sp³-hybridized carbons (Fsp3) is 0.656. The molecule has 4 aromatic rings. The second kappa shape index (κ2) is 60.2. The molecule has 1 aliphatic carbocycles. The van der Waals surface area contributed by atoms with Gasteiger partial charge in [-0.25, -0.2) is 24.0 Å². The van der Waals surface area contributed by atoms with Gasteiger partial charge in [0.1, 0.15) is 54.6 Å². The number of likely N-dealkylation sites (tertiary alicyclic amines) is 2. The van der Waals surface area contributed by atoms with Crippen molar-refractivity contribution in [2.75, 3.05) is 178 Å². The first-order chi connectivity index (χ1) is 66.0. The number of methoxy groups -OCH3 is 3. The molecule has 8 rings (SSSR count). The molecule has 2 aromatic carbocycles. The average molecular weight is 1950 g/mol. The molecule has 2 aromatic heterocycles. The number of alkyl carbamates (subject to hydrolysis) is 1. The minimum atomic E-state index is -1.34. The van der Waals surface area contributed by atoms with E-state index in [1.165, 1.54) is 46.2 Å². The van der Waals surface area contributed by atoms with Gasteiger partial charge in [0.15, 0.2) is 0 Å². The van der Waals surface area contributed by atoms with Crippen LogP contribution in [0.1, 0.15) is 141 Å². The highest BCUT2D eigenvalue weighted by Gasteiger charge is 2.53. The first kappa shape index (κ1) is 112. The predicted octanol–water partition coefficient (Wildman–Crippen LogP) is 4.36. The summed E-state index contributed by atoms with van der Waals surface area (Å²) in [6.07, 6.45) is 5.74. The monoisotopic (exact) mass is 1940 g/mol. The number of thiazole rings is 1. The van der Waals surface area contributed by atoms with Crippen molar-refractivity contribution in [3.8, 4) is 0 Å². The van der Waals surface area contributed by atoms with E-state index in [1.807, 2.05) is 49.6 Å². The number of carbonyl (C=O) groups excluding carboxylic acids is 13. The van der Waals surface area contributed by atoms with Gasteiger partial charge in [-0.1, -0.05) is 96.5 Å². The van der Waals surface area contributed by atoms with Gasteiger partial charge in [0.05, 0.1) is 174 Å². The van der Waals surface area contributed by atoms with Crippen molar-refractivity contribution < 1.29 is 124 Å². The Hall–Kier alpha value is -10.8. The maximum atomic E-state index is 15.3. The minimum absolute atomic E-state index is 0.00392. The molecule has 5 heterocycles. The molecule has 43 nitrogen and oxygen atoms in total. The number of carbonyl (C=O) groups is 13. The molecule has 137 heavy (non-hydrogen) atoms. The smallest absolute Gasteiger partial charge is 0.411 e. The molecule has 0 spiro atoms. The molecule has 0 unspecified atom stereocenters. The van der Waals surface area contributed by atoms with E-state index < -0.39 is 157 Å². The number of imide groups is 1. The number of hydrogen-bond donors (Lipinski definition) is 9. The van der Waals surface area contributed by atoms with E-state index >= 15 is 9.59 Å². The topological polar surface area (TPSA) is 521 Å². The van der Waals surface area contributed by atoms with Crippen LogP contribution in [-0.2, 0) is 136 Å². The van der Waals surface area contributed by atoms with E-state index in [0.29, 0.717) is 151 Å². The molecule has 760 valence electrons. The lowest BCUT2D eigenvalue weighted by molar-refractivity contribution is -0.148. The standard InChI is InChI=1S/C93H141N17O26S/c1-12-62(6)82(74(125-10)55-79(115)108-31-17-21-73(108)84(126-11)63(7)85(116)101-72(89-95-30-51-137-89)52-64-18-14-13-15-19-64)106(8)90(120)81(61(4)5)103-88(119)83-65-23-25-69(53-65)110(83)93(123)136-58-66-22-24-67(98-86(117)70(20-16-29-96-91(94)121)100-87(118)80(60(2)3)102-75(111)28-34-127-36-33-109-77(113)26-27-78(109)114)54-71(66)99-76(112)56-97-92(122)135-59-68-57-107(105-104-68)32-35-128-39-40-130-43-44-132-47-48-134-50-49-133-46-45-131-42-41-129-38-37-124-9/h13-15,18-19,22,24,26-27,30,51,54,57,60-63,65,69-70,72-74,80-84H,12,16-17,20-21,23,25,28-29,31-50,52-53,55-56,58-59H2,1-11H3,(H,97,122)(H,98,117)(H,99,112)(H,100,118)(H,101,116)(H,102,111)(H,103,119)(H3,94,96,121)/t62-,63+,65-,69+,70-,72-,73-,74+,80-,81-,82-,83-,84+/m0/s1. The van der Waals surface area contributed by atoms with Gasteiger partial charge in [0, 0.05) is 94.6 Å². The fourth-order valence-corrected chi connectivity index (χ4v) is 17.3. The summed E-state index contributed by atoms with van der Waals surface area (Å²) >= 11 is 1.45. The van der Waals surface area contributed by atoms with Crippen LogP contribution in [0.5, 0.6) is 0 Å². The number of anilines is 2. The van der Waals surface area contributed by atoms with E-state index in [9.17, 15) is 52.7 Å². The molecular weight excluding hydrogens is 1800 g/mol. The minimum Gasteiger partial charge on any atom is -0.444 e. The predicted molar refractivity (Wildman–Crippen MR) is 499 cm³/mol. The first-order valence-electron chi connectivity index (χ1n) is 47.0. The van der Waals surface area contributed by atoms with Gasteiger partial charge in [-0.05, 0) is 92.7 Å². The Bertz CT molecular complexity index is 4460. The Morgan fingerprint density at radius 1 is 0.650 bits per heavy atom. The molecule has 14 amide bonds. The highest BCUT2D eigenvalue weighted by atomic mass is 32.1. The van der Waals surface area contributed by atoms with Crippen LogP contribution in [0, 0.1) is 29.6 Å². The van der Waals surface area contributed by atoms with Gasteiger partial charge in [-0.2, -0.15) is 0 Å². The number of amides is 14. The van der Waals surface area contributed by atoms with E-state index in [1.54, 1.807) is 78.1 Å². The van der Waals surface area contributed by atoms with Crippen LogP contribution in [0.15, 0.2) is 78.5 Å². The van der Waals surface area contributed by atoms with Crippen molar-refractivity contribution in [1.82, 2.24) is 71.5 Å². The van der Waals surface area contributed by atoms with E-state index in [4.69, 9.17) is 67.3 Å². The summed E-state index contributed by atoms with van der Waals surface area (Å²) in [5.74, 6) is -7.72. The van der Waals surface area contributed by atoms with Crippen LogP contribution in [0.3, 0.4) is 0 Å². The third kappa shape index (κ3) is 36.8. The summed E-state index contributed by atoms with van der Waals surface area (Å²) in [6, 6.07) is 6.47. The highest BCUT2D eigenvalue weighted by Crippen LogP contribution is 2.43. The zero-order valence-electron chi connectivity index (χ0n) is 80.6. The summed E-state index contributed by atoms with van der Waals surface area (Å²) in [4.78, 5) is 189. The van der Waals surface area contributed by atoms with Crippen molar-refractivity contribution in [2.24, 2.45) is 35.3 Å². The zero-order chi connectivity index (χ0) is 99.1. The first-order valence-corrected chi connectivity index (χ1v) is 47.8. The molecule has 10 N–H and O–H groups in total. The number of ether oxygens (including phenoxy) is 13. The van der Waals surface area contributed by atoms with Crippen molar-refractivity contribution in [2.45, 2.75) is 199 Å². The second-order valence-corrected chi connectivity index (χ2v) is 35.4. The van der Waals surface area contributed by atoms with Gasteiger partial charge >= 0.3 is 18.2 Å². The number of rotatable bonds is 66. The average Bonchev–Trinajstić information content (AvgIpc) is 1.58. The summed E-state index contributed by atoms with van der Waals surface area (Å²) in [7, 11) is 6.29. The highest BCUT2D eigenvalue weighted by molar-refractivity contribution is 7.09. The van der Waals surface area contributed by atoms with Crippen LogP contribution in [-0.4, -0.2) is 338 Å². The number of benzene rings is 2. The summed E-state index contributed by atoms with van der Waals surface area (Å²) < 4.78 is 74.4. The lowest BCUT2D eigenvalue weighted by atomic mass is 9.89. The number of likely N-dealkylation sites (N-methyl/N-ethyl adjacent to an activating group) is 1. The number of primary amides is 1. The Labute approximate surface area is 804 Å². The number of aromatic nitrogens is 4. The SMILES string of the molecule is CC[C@H](C)[C@@H]([C@@H](CC(=O)N1CCC[C@H]1[C@H](OC)[C@@H](C)C(=O)N[C@@H](Cc1ccccc1)c1nccs1)OC)N(C)C(=O)[C@@H](NC(=O)[C@@H]1[C@H]2CC[C@H](C2)N1C(=O)OCc1ccc(NC(=O)[C@H](CCCNC(N)=O)NC(=O)[C@@H](NC(=O)CCOCCN2C(=O)C=CC2=O)C(C)C)cc1NC(=O)CNC(=O)OCc1cn(CCOCCOCCOCCOCCOCCOCCOCCOC)nn1)C(C)C. The fourth-order valence-electron chi connectivity index (χ4n) is 16.6. The molecule has 44 heteroatoms. The molecule has 3 aliphatic heterocycles. The second-order valence-electron chi connectivity index (χ2n) is 34.5. The number of piperidine rings is 1. The lowest BCUT2D eigenvalue weighted by Gasteiger charge is -2.41. The molecule has 2 saturated heterocycles. The van der Waals surface area contributed by atoms with Crippen LogP contribution in [0.2, 0.25) is 0 Å². The molecule has 0 radical (unpaired) electrons. The quantitative estimate of drug-likeness (QED) is 0.0219. The van der Waals surface area contributed by atoms with Crippen molar-refractivity contribution in [3.05, 3.63) is 100 Å². The number of nitrogens with zero attached hydrogens (tertiary/aromatic N) is 8. The largest absolute Gasteiger partial charge is 0.444 e. The summed E-state index contributed by atoms with van der Waals surface area (Å²) in [6.45, 7) is 17.8. The van der Waals surface area contributed by atoms with E-state index in [-0.39, 0.29) is 111 Å². The number of hydrogen-bond acceptors (Lipinski definition) is 30. The Morgan fingerprint density at radius 2 is 1.28 bits per heavy atom. The third-order valence-corrected chi connectivity index (χ3v) is 25.0. The number of fused-ring (bicyclic) bond motifs is 2. The van der Waals surface area contributed by atoms with Gasteiger partial charge in [-0.3, -0.25) is 57.7 Å². The van der Waals surface area contributed by atoms with Crippen molar-refractivity contribution in [3.63, 3.8) is 0 Å². The number of nitrogens with one attached hydrogen (secondary N) is 8. The number of urea groups is 1. The summed E-state index contributed by atoms with van der Waals surface area (Å²) in [5.41, 5.74) is 6.82. The Balaban J connectivity index is 0.884. The molecule has 13 atom stereocenters. The van der Waals surface area contributed by atoms with Gasteiger partial charge < -0.3 is 120 Å². The molecule has 1 saturated carbocycles. The summed E-state index contributed by atoms with van der Waals surface area (Å²) in [5, 5.41) is 32.8. The molecular formula is C93H141N17O26S. The van der Waals surface area contributed by atoms with Gasteiger partial charge in [0.25, 0.3) is 11.8 Å². The Morgan fingerprint density at radius 3 is 1.89 bits per heavy atom. The van der Waals surface area contributed by atoms with E-state index in [2.05, 4.69) is 57.8 Å². The Kier molecular flexibility index (Phi) is 49.0. The van der Waals surface area contributed by atoms with Crippen LogP contribution in [0.4, 0.5) is 25.8 Å². The third-order valence-electron chi connectivity index (χ3n) is 24.1. The maximum absolute atomic E-state index is 15.3. The molecule has 2 bridgehead atoms. The van der Waals surface area contributed by atoms with E-state index in [0.717, 1.165) is 27.6 Å². The normalized spacial score (nSPS) is 17.6. The molecule has 4 aliphatic rings. The van der Waals surface area contributed by atoms with Crippen LogP contribution < -0.4 is 48.3 Å². The molecule has 3 fully saturated rings.